The van der Waals surface area contributed by atoms with Gasteiger partial charge in [-0.1, -0.05) is 0 Å². The monoisotopic (exact) mass is 210 g/mol. The van der Waals surface area contributed by atoms with Gasteiger partial charge in [-0.25, -0.2) is 0 Å². The number of H-pyrrole nitrogens is 1. The Balaban J connectivity index is 2.39. The van der Waals surface area contributed by atoms with E-state index in [1.807, 2.05) is 0 Å². The predicted molar refractivity (Wildman–Crippen MR) is 49.8 cm³/mol. The molecule has 15 heavy (non-hydrogen) atoms. The van der Waals surface area contributed by atoms with Crippen LogP contribution in [0.4, 0.5) is 0 Å². The van der Waals surface area contributed by atoms with Gasteiger partial charge in [0.25, 0.3) is 5.56 Å². The quantitative estimate of drug-likeness (QED) is 0.650. The summed E-state index contributed by atoms with van der Waals surface area (Å²) in [6, 6.07) is 0. The molecule has 0 amide bonds. The van der Waals surface area contributed by atoms with Gasteiger partial charge in [0.1, 0.15) is 5.82 Å². The highest BCUT2D eigenvalue weighted by atomic mass is 16.4. The van der Waals surface area contributed by atoms with Crippen LogP contribution in [0.25, 0.3) is 0 Å². The maximum absolute atomic E-state index is 11.4. The number of aromatic hydroxyl groups is 1. The molecule has 6 nitrogen and oxygen atoms in total. The summed E-state index contributed by atoms with van der Waals surface area (Å²) in [6.45, 7) is 0. The van der Waals surface area contributed by atoms with E-state index in [0.29, 0.717) is 5.82 Å². The maximum atomic E-state index is 11.4. The minimum atomic E-state index is -1.17. The molecule has 80 valence electrons. The van der Waals surface area contributed by atoms with Crippen LogP contribution in [0.5, 0.6) is 5.88 Å². The number of hydrogen-bond donors (Lipinski definition) is 3. The van der Waals surface area contributed by atoms with Gasteiger partial charge in [0.15, 0.2) is 0 Å². The lowest BCUT2D eigenvalue weighted by molar-refractivity contribution is -0.136. The van der Waals surface area contributed by atoms with Crippen molar-refractivity contribution < 1.29 is 15.0 Å². The Kier molecular flexibility index (Phi) is 2.18. The van der Waals surface area contributed by atoms with E-state index in [-0.39, 0.29) is 11.5 Å². The van der Waals surface area contributed by atoms with Crippen molar-refractivity contribution in [3.8, 4) is 5.88 Å². The number of nitrogens with zero attached hydrogens (tertiary/aromatic N) is 1. The van der Waals surface area contributed by atoms with Crippen LogP contribution >= 0.6 is 0 Å². The Labute approximate surface area is 84.6 Å². The number of carboxylic acid groups (broad SMARTS) is 1. The van der Waals surface area contributed by atoms with Gasteiger partial charge in [0, 0.05) is 5.92 Å². The summed E-state index contributed by atoms with van der Waals surface area (Å²) in [6.07, 6.45) is 1.38. The molecule has 1 aliphatic carbocycles. The summed E-state index contributed by atoms with van der Waals surface area (Å²) in [5, 5.41) is 17.9. The van der Waals surface area contributed by atoms with Gasteiger partial charge < -0.3 is 15.2 Å². The second-order valence-electron chi connectivity index (χ2n) is 3.60. The van der Waals surface area contributed by atoms with Crippen LogP contribution in [0.1, 0.15) is 30.1 Å². The number of aromatic amines is 1. The second kappa shape index (κ2) is 3.38. The summed E-state index contributed by atoms with van der Waals surface area (Å²) in [5.74, 6) is -0.978. The largest absolute Gasteiger partial charge is 0.493 e. The number of carboxylic acids is 1. The molecule has 0 aliphatic heterocycles. The van der Waals surface area contributed by atoms with Crippen LogP contribution in [-0.4, -0.2) is 26.2 Å². The number of aliphatic carboxylic acids is 1. The minimum absolute atomic E-state index is 0.188. The Morgan fingerprint density at radius 1 is 1.53 bits per heavy atom. The maximum Gasteiger partial charge on any atom is 0.308 e. The SMILES string of the molecule is O=C(O)Cc1c(O)nc(C2CC2)[nH]c1=O. The van der Waals surface area contributed by atoms with E-state index in [1.54, 1.807) is 0 Å². The van der Waals surface area contributed by atoms with Crippen molar-refractivity contribution in [2.45, 2.75) is 25.2 Å². The van der Waals surface area contributed by atoms with E-state index in [2.05, 4.69) is 9.97 Å². The molecule has 0 unspecified atom stereocenters. The molecule has 0 saturated heterocycles. The normalized spacial score (nSPS) is 15.2. The molecule has 0 spiro atoms. The fourth-order valence-electron chi connectivity index (χ4n) is 1.36. The zero-order chi connectivity index (χ0) is 11.0. The lowest BCUT2D eigenvalue weighted by Crippen LogP contribution is -2.19. The van der Waals surface area contributed by atoms with E-state index < -0.39 is 23.8 Å². The van der Waals surface area contributed by atoms with Crippen molar-refractivity contribution >= 4 is 5.97 Å². The van der Waals surface area contributed by atoms with Crippen molar-refractivity contribution in [1.82, 2.24) is 9.97 Å². The molecule has 1 aromatic heterocycles. The number of aromatic nitrogens is 2. The molecule has 1 aromatic rings. The van der Waals surface area contributed by atoms with Crippen LogP contribution in [0.2, 0.25) is 0 Å². The Hall–Kier alpha value is -1.85. The van der Waals surface area contributed by atoms with E-state index in [4.69, 9.17) is 5.11 Å². The summed E-state index contributed by atoms with van der Waals surface area (Å²) >= 11 is 0. The molecule has 1 saturated carbocycles. The summed E-state index contributed by atoms with van der Waals surface area (Å²) < 4.78 is 0. The highest BCUT2D eigenvalue weighted by Gasteiger charge is 2.27. The van der Waals surface area contributed by atoms with Crippen molar-refractivity contribution in [1.29, 1.82) is 0 Å². The van der Waals surface area contributed by atoms with Gasteiger partial charge in [-0.2, -0.15) is 4.98 Å². The summed E-state index contributed by atoms with van der Waals surface area (Å²) in [4.78, 5) is 28.1. The first-order chi connectivity index (χ1) is 7.08. The number of carbonyl (C=O) groups is 1. The lowest BCUT2D eigenvalue weighted by Gasteiger charge is -2.02. The molecule has 2 rings (SSSR count). The van der Waals surface area contributed by atoms with Crippen molar-refractivity contribution in [3.05, 3.63) is 21.7 Å². The second-order valence-corrected chi connectivity index (χ2v) is 3.60. The highest BCUT2D eigenvalue weighted by Crippen LogP contribution is 2.38. The van der Waals surface area contributed by atoms with E-state index in [0.717, 1.165) is 12.8 Å². The molecule has 1 heterocycles. The third kappa shape index (κ3) is 1.98. The zero-order valence-corrected chi connectivity index (χ0v) is 7.86. The minimum Gasteiger partial charge on any atom is -0.493 e. The van der Waals surface area contributed by atoms with Crippen molar-refractivity contribution in [3.63, 3.8) is 0 Å². The average molecular weight is 210 g/mol. The topological polar surface area (TPSA) is 103 Å². The van der Waals surface area contributed by atoms with Gasteiger partial charge >= 0.3 is 5.97 Å². The van der Waals surface area contributed by atoms with Crippen molar-refractivity contribution in [2.24, 2.45) is 0 Å². The van der Waals surface area contributed by atoms with Crippen LogP contribution in [0, 0.1) is 0 Å². The Morgan fingerprint density at radius 3 is 2.67 bits per heavy atom. The predicted octanol–water partition coefficient (Wildman–Crippen LogP) is -0.0200. The smallest absolute Gasteiger partial charge is 0.308 e. The first-order valence-electron chi connectivity index (χ1n) is 4.61. The molecule has 1 fully saturated rings. The fourth-order valence-corrected chi connectivity index (χ4v) is 1.36. The first kappa shape index (κ1) is 9.70. The number of nitrogens with one attached hydrogen (secondary N) is 1. The lowest BCUT2D eigenvalue weighted by atomic mass is 10.2. The van der Waals surface area contributed by atoms with Crippen LogP contribution in [-0.2, 0) is 11.2 Å². The van der Waals surface area contributed by atoms with Gasteiger partial charge in [-0.3, -0.25) is 9.59 Å². The Bertz CT molecular complexity index is 462. The van der Waals surface area contributed by atoms with Crippen LogP contribution < -0.4 is 5.56 Å². The van der Waals surface area contributed by atoms with Gasteiger partial charge in [0.2, 0.25) is 5.88 Å². The zero-order valence-electron chi connectivity index (χ0n) is 7.86. The third-order valence-corrected chi connectivity index (χ3v) is 2.30. The molecule has 1 aliphatic rings. The third-order valence-electron chi connectivity index (χ3n) is 2.30. The van der Waals surface area contributed by atoms with E-state index in [9.17, 15) is 14.7 Å². The Morgan fingerprint density at radius 2 is 2.20 bits per heavy atom. The summed E-state index contributed by atoms with van der Waals surface area (Å²) in [5.41, 5.74) is -0.751. The summed E-state index contributed by atoms with van der Waals surface area (Å²) in [7, 11) is 0. The first-order valence-corrected chi connectivity index (χ1v) is 4.61. The molecule has 0 bridgehead atoms. The van der Waals surface area contributed by atoms with Gasteiger partial charge in [-0.05, 0) is 12.8 Å². The number of rotatable bonds is 3. The molecule has 0 radical (unpaired) electrons. The van der Waals surface area contributed by atoms with E-state index >= 15 is 0 Å². The van der Waals surface area contributed by atoms with Crippen LogP contribution in [0.3, 0.4) is 0 Å². The number of hydrogen-bond acceptors (Lipinski definition) is 4. The molecule has 3 N–H and O–H groups in total. The van der Waals surface area contributed by atoms with Gasteiger partial charge in [0.05, 0.1) is 12.0 Å². The molecular weight excluding hydrogens is 200 g/mol. The van der Waals surface area contributed by atoms with Crippen molar-refractivity contribution in [2.75, 3.05) is 0 Å². The average Bonchev–Trinajstić information content (AvgIpc) is 2.93. The standard InChI is InChI=1S/C9H10N2O4/c12-6(13)3-5-8(14)10-7(4-1-2-4)11-9(5)15/h4H,1-3H2,(H,12,13)(H2,10,11,14,15). The fraction of sp³-hybridized carbons (Fsp3) is 0.444. The van der Waals surface area contributed by atoms with Gasteiger partial charge in [-0.15, -0.1) is 0 Å². The van der Waals surface area contributed by atoms with Crippen LogP contribution in [0.15, 0.2) is 4.79 Å². The van der Waals surface area contributed by atoms with E-state index in [1.165, 1.54) is 0 Å². The molecular formula is C9H10N2O4. The molecule has 6 heteroatoms. The molecule has 0 atom stereocenters. The highest BCUT2D eigenvalue weighted by molar-refractivity contribution is 5.70. The molecule has 0 aromatic carbocycles.